The minimum absolute atomic E-state index is 0.335. The number of hydrogen-bond acceptors (Lipinski definition) is 4. The molecule has 1 aliphatic rings. The molecule has 19 heavy (non-hydrogen) atoms. The molecule has 1 saturated heterocycles. The summed E-state index contributed by atoms with van der Waals surface area (Å²) in [5, 5.41) is 0. The van der Waals surface area contributed by atoms with Gasteiger partial charge in [0.05, 0.1) is 12.1 Å². The number of halogens is 2. The molecule has 0 unspecified atom stereocenters. The fourth-order valence-electron chi connectivity index (χ4n) is 1.68. The summed E-state index contributed by atoms with van der Waals surface area (Å²) in [6.45, 7) is -1.36. The van der Waals surface area contributed by atoms with Gasteiger partial charge in [0.15, 0.2) is 5.78 Å². The van der Waals surface area contributed by atoms with Crippen LogP contribution >= 0.6 is 0 Å². The van der Waals surface area contributed by atoms with E-state index >= 15 is 0 Å². The lowest BCUT2D eigenvalue weighted by Crippen LogP contribution is -2.48. The van der Waals surface area contributed by atoms with Crippen molar-refractivity contribution >= 4 is 17.6 Å². The van der Waals surface area contributed by atoms with Crippen molar-refractivity contribution in [1.82, 2.24) is 4.90 Å². The normalized spacial score (nSPS) is 15.8. The predicted molar refractivity (Wildman–Crippen MR) is 58.2 cm³/mol. The molecule has 0 bridgehead atoms. The second-order valence-corrected chi connectivity index (χ2v) is 3.89. The molecule has 0 radical (unpaired) electrons. The Bertz CT molecular complexity index is 522. The van der Waals surface area contributed by atoms with Crippen molar-refractivity contribution in [3.8, 4) is 0 Å². The van der Waals surface area contributed by atoms with E-state index in [0.29, 0.717) is 4.90 Å². The third-order valence-electron chi connectivity index (χ3n) is 2.60. The number of rotatable bonds is 3. The van der Waals surface area contributed by atoms with Gasteiger partial charge in [-0.3, -0.25) is 19.3 Å². The highest BCUT2D eigenvalue weighted by atomic mass is 19.1. The third-order valence-corrected chi connectivity index (χ3v) is 2.60. The average molecular weight is 269 g/mol. The monoisotopic (exact) mass is 269 g/mol. The Hall–Kier alpha value is -2.15. The fourth-order valence-corrected chi connectivity index (χ4v) is 1.68. The molecule has 5 nitrogen and oxygen atoms in total. The van der Waals surface area contributed by atoms with E-state index in [0.717, 1.165) is 18.2 Å². The zero-order valence-electron chi connectivity index (χ0n) is 9.69. The van der Waals surface area contributed by atoms with Gasteiger partial charge in [0.2, 0.25) is 0 Å². The Balaban J connectivity index is 2.21. The summed E-state index contributed by atoms with van der Waals surface area (Å²) in [7, 11) is 0. The second-order valence-electron chi connectivity index (χ2n) is 3.89. The molecule has 7 heteroatoms. The first-order chi connectivity index (χ1) is 9.00. The van der Waals surface area contributed by atoms with E-state index in [2.05, 4.69) is 4.74 Å². The third kappa shape index (κ3) is 2.65. The number of nitrogens with zero attached hydrogens (tertiary/aromatic N) is 1. The van der Waals surface area contributed by atoms with Crippen LogP contribution in [0.25, 0.3) is 0 Å². The van der Waals surface area contributed by atoms with Gasteiger partial charge in [-0.15, -0.1) is 0 Å². The zero-order chi connectivity index (χ0) is 14.0. The molecule has 0 aliphatic carbocycles. The van der Waals surface area contributed by atoms with Crippen molar-refractivity contribution in [2.75, 3.05) is 19.8 Å². The van der Waals surface area contributed by atoms with Crippen LogP contribution in [0.2, 0.25) is 0 Å². The van der Waals surface area contributed by atoms with Crippen LogP contribution in [0.4, 0.5) is 8.78 Å². The topological polar surface area (TPSA) is 63.7 Å². The van der Waals surface area contributed by atoms with E-state index in [1.54, 1.807) is 0 Å². The summed E-state index contributed by atoms with van der Waals surface area (Å²) in [6, 6.07) is 2.98. The molecule has 0 spiro atoms. The molecule has 1 fully saturated rings. The summed E-state index contributed by atoms with van der Waals surface area (Å²) in [6.07, 6.45) is 0. The Kier molecular flexibility index (Phi) is 3.66. The van der Waals surface area contributed by atoms with Crippen LogP contribution in [0.15, 0.2) is 18.2 Å². The number of carbonyl (C=O) groups excluding carboxylic acids is 3. The maximum absolute atomic E-state index is 13.4. The van der Waals surface area contributed by atoms with Gasteiger partial charge in [0, 0.05) is 0 Å². The van der Waals surface area contributed by atoms with Gasteiger partial charge in [0.25, 0.3) is 11.8 Å². The Morgan fingerprint density at radius 3 is 2.21 bits per heavy atom. The number of hydrogen-bond donors (Lipinski definition) is 0. The van der Waals surface area contributed by atoms with E-state index in [-0.39, 0.29) is 13.2 Å². The number of benzene rings is 1. The lowest BCUT2D eigenvalue weighted by Gasteiger charge is -2.24. The minimum Gasteiger partial charge on any atom is -0.362 e. The molecule has 1 heterocycles. The van der Waals surface area contributed by atoms with Crippen LogP contribution in [-0.2, 0) is 14.3 Å². The van der Waals surface area contributed by atoms with Gasteiger partial charge in [-0.25, -0.2) is 8.78 Å². The van der Waals surface area contributed by atoms with Crippen LogP contribution in [0.3, 0.4) is 0 Å². The molecule has 1 aliphatic heterocycles. The van der Waals surface area contributed by atoms with E-state index in [1.807, 2.05) is 0 Å². The molecule has 0 atom stereocenters. The average Bonchev–Trinajstić information content (AvgIpc) is 2.34. The molecule has 100 valence electrons. The maximum atomic E-state index is 13.4. The maximum Gasteiger partial charge on any atom is 0.255 e. The molecular formula is C12H9F2NO4. The van der Waals surface area contributed by atoms with Crippen molar-refractivity contribution < 1.29 is 27.9 Å². The van der Waals surface area contributed by atoms with Gasteiger partial charge in [-0.2, -0.15) is 0 Å². The first-order valence-corrected chi connectivity index (χ1v) is 5.39. The van der Waals surface area contributed by atoms with E-state index in [1.165, 1.54) is 0 Å². The number of ketones is 1. The molecular weight excluding hydrogens is 260 g/mol. The summed E-state index contributed by atoms with van der Waals surface area (Å²) in [5.41, 5.74) is -0.755. The summed E-state index contributed by atoms with van der Waals surface area (Å²) >= 11 is 0. The van der Waals surface area contributed by atoms with Crippen LogP contribution in [0.1, 0.15) is 10.4 Å². The van der Waals surface area contributed by atoms with Crippen LogP contribution in [-0.4, -0.2) is 42.3 Å². The van der Waals surface area contributed by atoms with Gasteiger partial charge < -0.3 is 4.74 Å². The van der Waals surface area contributed by atoms with Crippen molar-refractivity contribution in [3.63, 3.8) is 0 Å². The van der Waals surface area contributed by atoms with Gasteiger partial charge in [-0.05, 0) is 12.1 Å². The van der Waals surface area contributed by atoms with E-state index < -0.39 is 41.3 Å². The SMILES string of the molecule is O=C(CN1C(=O)COCC1=O)c1c(F)cccc1F. The number of ether oxygens (including phenoxy) is 1. The number of morpholine rings is 1. The number of Topliss-reactive ketones (excluding diaryl/α,β-unsaturated/α-hetero) is 1. The highest BCUT2D eigenvalue weighted by molar-refractivity contribution is 6.06. The van der Waals surface area contributed by atoms with Gasteiger partial charge in [-0.1, -0.05) is 6.07 Å². The van der Waals surface area contributed by atoms with Gasteiger partial charge in [0.1, 0.15) is 24.8 Å². The molecule has 0 aromatic heterocycles. The number of carbonyl (C=O) groups is 3. The lowest BCUT2D eigenvalue weighted by atomic mass is 10.1. The molecule has 1 aromatic rings. The fraction of sp³-hybridized carbons (Fsp3) is 0.250. The minimum atomic E-state index is -1.03. The molecule has 1 aromatic carbocycles. The standard InChI is InChI=1S/C12H9F2NO4/c13-7-2-1-3-8(14)12(7)9(16)4-15-10(17)5-19-6-11(15)18/h1-3H,4-6H2. The lowest BCUT2D eigenvalue weighted by molar-refractivity contribution is -0.157. The summed E-state index contributed by atoms with van der Waals surface area (Å²) in [4.78, 5) is 35.2. The Morgan fingerprint density at radius 1 is 1.16 bits per heavy atom. The van der Waals surface area contributed by atoms with Crippen LogP contribution in [0.5, 0.6) is 0 Å². The van der Waals surface area contributed by atoms with Crippen molar-refractivity contribution in [3.05, 3.63) is 35.4 Å². The second kappa shape index (κ2) is 5.23. The van der Waals surface area contributed by atoms with Gasteiger partial charge >= 0.3 is 0 Å². The molecule has 2 amide bonds. The van der Waals surface area contributed by atoms with Crippen molar-refractivity contribution in [2.45, 2.75) is 0 Å². The summed E-state index contributed by atoms with van der Waals surface area (Å²) < 4.78 is 31.4. The Labute approximate surface area is 106 Å². The highest BCUT2D eigenvalue weighted by Gasteiger charge is 2.30. The van der Waals surface area contributed by atoms with E-state index in [9.17, 15) is 23.2 Å². The molecule has 0 N–H and O–H groups in total. The molecule has 0 saturated carbocycles. The van der Waals surface area contributed by atoms with Crippen LogP contribution < -0.4 is 0 Å². The largest absolute Gasteiger partial charge is 0.362 e. The smallest absolute Gasteiger partial charge is 0.255 e. The molecule has 2 rings (SSSR count). The quantitative estimate of drug-likeness (QED) is 0.593. The highest BCUT2D eigenvalue weighted by Crippen LogP contribution is 2.14. The zero-order valence-corrected chi connectivity index (χ0v) is 9.69. The first-order valence-electron chi connectivity index (χ1n) is 5.39. The number of imide groups is 1. The van der Waals surface area contributed by atoms with Crippen molar-refractivity contribution in [2.24, 2.45) is 0 Å². The van der Waals surface area contributed by atoms with Crippen LogP contribution in [0, 0.1) is 11.6 Å². The first kappa shape index (κ1) is 13.3. The predicted octanol–water partition coefficient (Wildman–Crippen LogP) is 0.533. The Morgan fingerprint density at radius 2 is 1.68 bits per heavy atom. The van der Waals surface area contributed by atoms with Crippen molar-refractivity contribution in [1.29, 1.82) is 0 Å². The van der Waals surface area contributed by atoms with E-state index in [4.69, 9.17) is 0 Å². The number of amides is 2. The summed E-state index contributed by atoms with van der Waals surface area (Å²) in [5.74, 6) is -4.45.